The van der Waals surface area contributed by atoms with Crippen LogP contribution in [-0.4, -0.2) is 107 Å². The summed E-state index contributed by atoms with van der Waals surface area (Å²) in [6.45, 7) is 20.1. The van der Waals surface area contributed by atoms with Crippen molar-refractivity contribution in [3.8, 4) is 0 Å². The van der Waals surface area contributed by atoms with Gasteiger partial charge in [-0.3, -0.25) is 24.0 Å². The van der Waals surface area contributed by atoms with Crippen LogP contribution in [0.3, 0.4) is 0 Å². The van der Waals surface area contributed by atoms with E-state index < -0.39 is 11.9 Å². The third kappa shape index (κ3) is 83.9. The molecule has 4 atom stereocenters. The van der Waals surface area contributed by atoms with Gasteiger partial charge in [0, 0.05) is 70.9 Å². The Balaban J connectivity index is 0. The van der Waals surface area contributed by atoms with Crippen molar-refractivity contribution in [3.05, 3.63) is 25.3 Å². The van der Waals surface area contributed by atoms with Crippen LogP contribution in [0.15, 0.2) is 25.3 Å². The van der Waals surface area contributed by atoms with Crippen LogP contribution in [-0.2, 0) is 66.8 Å². The molecular weight excluding hydrogens is 1430 g/mol. The summed E-state index contributed by atoms with van der Waals surface area (Å²) in [5.41, 5.74) is 0. The van der Waals surface area contributed by atoms with Crippen LogP contribution in [0.2, 0.25) is 0 Å². The zero-order valence-electron chi connectivity index (χ0n) is 75.3. The minimum Gasteiger partial charge on any atom is -0.466 e. The molecule has 0 fully saturated rings. The first-order valence-corrected chi connectivity index (χ1v) is 48.3. The van der Waals surface area contributed by atoms with Gasteiger partial charge in [0.05, 0.1) is 19.8 Å². The summed E-state index contributed by atoms with van der Waals surface area (Å²) in [6, 6.07) is 0. The average Bonchev–Trinajstić information content (AvgIpc) is 0.919. The number of methoxy groups -OCH3 is 1. The fourth-order valence-corrected chi connectivity index (χ4v) is 15.8. The fourth-order valence-electron chi connectivity index (χ4n) is 15.8. The summed E-state index contributed by atoms with van der Waals surface area (Å²) in [5, 5.41) is 6.13. The number of esters is 5. The molecule has 0 aliphatic rings. The summed E-state index contributed by atoms with van der Waals surface area (Å²) < 4.78 is 30.0. The Kier molecular flexibility index (Phi) is 88.7. The number of rotatable bonds is 89. The van der Waals surface area contributed by atoms with Crippen molar-refractivity contribution in [1.29, 1.82) is 0 Å². The average molecular weight is 1610 g/mol. The highest BCUT2D eigenvalue weighted by atomic mass is 16.6. The number of hydrogen-bond acceptors (Lipinski definition) is 14. The van der Waals surface area contributed by atoms with Crippen LogP contribution in [0.5, 0.6) is 0 Å². The van der Waals surface area contributed by atoms with Gasteiger partial charge in [-0.15, -0.1) is 0 Å². The van der Waals surface area contributed by atoms with Gasteiger partial charge in [-0.2, -0.15) is 0 Å². The van der Waals surface area contributed by atoms with Gasteiger partial charge < -0.3 is 43.8 Å². The van der Waals surface area contributed by atoms with E-state index in [-0.39, 0.29) is 55.1 Å². The number of hydrogen-bond donors (Lipinski definition) is 2. The highest BCUT2D eigenvalue weighted by Crippen LogP contribution is 2.36. The van der Waals surface area contributed by atoms with E-state index in [1.807, 2.05) is 0 Å². The number of carbonyl (C=O) groups excluding carboxylic acids is 8. The Morgan fingerprint density at radius 1 is 0.254 bits per heavy atom. The molecule has 16 heteroatoms. The van der Waals surface area contributed by atoms with Crippen molar-refractivity contribution >= 4 is 47.4 Å². The molecule has 0 spiro atoms. The maximum Gasteiger partial charge on any atom is 0.330 e. The number of Topliss-reactive ketones (excluding diaryl/α,β-unsaturated/α-hetero) is 1. The van der Waals surface area contributed by atoms with E-state index >= 15 is 0 Å². The van der Waals surface area contributed by atoms with Gasteiger partial charge in [0.2, 0.25) is 11.8 Å². The quantitative estimate of drug-likeness (QED) is 0.0251. The standard InChI is InChI=1S/C92H172N2O11.C6H10O3/c1-7-12-16-20-32-47-63-83(85(65-49-34-22-18-14-9-3)69-53-38-26-30-42-57-73-90(99)102-78-60-44-46-62-82(6)95)67-51-36-24-28-40-55-71-87(96)93-76-77-94-88(97)72-56-41-29-25-37-52-68-84(64-48-33-21-17-13-8-2)86(66-50-35-23-19-15-10-4)70-54-39-27-31-43-58-74-91(100)103-79-61-45-59-75-92(101)105-81-80-104-89(98)11-5;1-3-6(7)9-5-4-8-2/h11,83-86H,5,7-10,12-81H2,1-4,6H3,(H,93,96)(H,94,97);3H,1,4-5H2,2H3. The largest absolute Gasteiger partial charge is 0.466 e. The molecule has 0 aliphatic heterocycles. The molecule has 2 amide bonds. The molecule has 0 saturated heterocycles. The molecule has 0 aromatic rings. The van der Waals surface area contributed by atoms with Gasteiger partial charge in [0.1, 0.15) is 25.6 Å². The lowest BCUT2D eigenvalue weighted by atomic mass is 9.78. The molecule has 16 nitrogen and oxygen atoms in total. The number of ether oxygens (including phenoxy) is 6. The lowest BCUT2D eigenvalue weighted by Gasteiger charge is -2.28. The molecule has 668 valence electrons. The number of amides is 2. The number of ketones is 1. The molecule has 0 heterocycles. The maximum atomic E-state index is 12.8. The zero-order valence-corrected chi connectivity index (χ0v) is 75.3. The molecule has 0 saturated carbocycles. The van der Waals surface area contributed by atoms with Crippen LogP contribution in [0.4, 0.5) is 0 Å². The van der Waals surface area contributed by atoms with Gasteiger partial charge in [-0.1, -0.05) is 375 Å². The van der Waals surface area contributed by atoms with Gasteiger partial charge >= 0.3 is 29.8 Å². The van der Waals surface area contributed by atoms with Crippen LogP contribution >= 0.6 is 0 Å². The lowest BCUT2D eigenvalue weighted by Crippen LogP contribution is -2.34. The second kappa shape index (κ2) is 90.7. The molecule has 0 bridgehead atoms. The predicted molar refractivity (Wildman–Crippen MR) is 474 cm³/mol. The number of nitrogens with one attached hydrogen (secondary N) is 2. The molecule has 0 aromatic carbocycles. The molecule has 0 aliphatic carbocycles. The van der Waals surface area contributed by atoms with Crippen molar-refractivity contribution in [3.63, 3.8) is 0 Å². The summed E-state index contributed by atoms with van der Waals surface area (Å²) in [5.74, 6) is 2.32. The Morgan fingerprint density at radius 2 is 0.465 bits per heavy atom. The molecule has 2 N–H and O–H groups in total. The van der Waals surface area contributed by atoms with Crippen molar-refractivity contribution in [1.82, 2.24) is 10.6 Å². The Hall–Kier alpha value is -4.60. The van der Waals surface area contributed by atoms with E-state index in [4.69, 9.17) is 18.9 Å². The van der Waals surface area contributed by atoms with Gasteiger partial charge in [-0.05, 0) is 94.8 Å². The molecule has 0 radical (unpaired) electrons. The second-order valence-corrected chi connectivity index (χ2v) is 33.3. The van der Waals surface area contributed by atoms with Gasteiger partial charge in [0.15, 0.2) is 0 Å². The molecular formula is C98H182N2O14. The topological polar surface area (TPSA) is 216 Å². The number of carbonyl (C=O) groups is 8. The summed E-state index contributed by atoms with van der Waals surface area (Å²) in [6.07, 6.45) is 82.1. The third-order valence-electron chi connectivity index (χ3n) is 22.9. The van der Waals surface area contributed by atoms with Crippen molar-refractivity contribution in [2.24, 2.45) is 23.7 Å². The van der Waals surface area contributed by atoms with Crippen molar-refractivity contribution in [2.45, 2.75) is 471 Å². The van der Waals surface area contributed by atoms with Gasteiger partial charge in [-0.25, -0.2) is 9.59 Å². The Labute approximate surface area is 701 Å². The molecule has 4 unspecified atom stereocenters. The summed E-state index contributed by atoms with van der Waals surface area (Å²) in [4.78, 5) is 94.6. The van der Waals surface area contributed by atoms with Crippen LogP contribution in [0.25, 0.3) is 0 Å². The fraction of sp³-hybridized carbons (Fsp3) is 0.878. The monoisotopic (exact) mass is 1610 g/mol. The van der Waals surface area contributed by atoms with E-state index in [9.17, 15) is 38.4 Å². The third-order valence-corrected chi connectivity index (χ3v) is 22.9. The van der Waals surface area contributed by atoms with E-state index in [1.165, 1.54) is 308 Å². The lowest BCUT2D eigenvalue weighted by molar-refractivity contribution is -0.149. The highest BCUT2D eigenvalue weighted by Gasteiger charge is 2.23. The normalized spacial score (nSPS) is 12.2. The molecule has 0 aromatic heterocycles. The maximum absolute atomic E-state index is 12.8. The molecule has 114 heavy (non-hydrogen) atoms. The molecule has 0 rings (SSSR count). The first-order chi connectivity index (χ1) is 55.7. The predicted octanol–water partition coefficient (Wildman–Crippen LogP) is 26.6. The van der Waals surface area contributed by atoms with Crippen LogP contribution in [0, 0.1) is 23.7 Å². The smallest absolute Gasteiger partial charge is 0.330 e. The van der Waals surface area contributed by atoms with Crippen LogP contribution < -0.4 is 10.6 Å². The van der Waals surface area contributed by atoms with Crippen molar-refractivity contribution in [2.75, 3.05) is 59.8 Å². The minimum absolute atomic E-state index is 0.0173. The van der Waals surface area contributed by atoms with E-state index in [1.54, 1.807) is 14.0 Å². The highest BCUT2D eigenvalue weighted by molar-refractivity contribution is 5.81. The minimum atomic E-state index is -0.539. The van der Waals surface area contributed by atoms with E-state index in [0.717, 1.165) is 119 Å². The zero-order chi connectivity index (χ0) is 83.7. The summed E-state index contributed by atoms with van der Waals surface area (Å²) >= 11 is 0. The summed E-state index contributed by atoms with van der Waals surface area (Å²) in [7, 11) is 1.54. The van der Waals surface area contributed by atoms with E-state index in [0.29, 0.717) is 78.0 Å². The Bertz CT molecular complexity index is 2210. The SMILES string of the molecule is C=CC(=O)OCCOC.C=CC(=O)OCCOC(=O)CCCCCOC(=O)CCCCCCCCC(CCCCCCCC)C(CCCCCCCC)CCCCCCCCC(=O)NCCNC(=O)CCCCCCCCC(CCCCCCCC)C(CCCCCCCC)CCCCCCCCC(=O)OCCCCCC(C)=O. The van der Waals surface area contributed by atoms with Crippen LogP contribution in [0.1, 0.15) is 471 Å². The Morgan fingerprint density at radius 3 is 0.719 bits per heavy atom. The second-order valence-electron chi connectivity index (χ2n) is 33.3. The van der Waals surface area contributed by atoms with Gasteiger partial charge in [0.25, 0.3) is 0 Å². The first kappa shape index (κ1) is 111. The van der Waals surface area contributed by atoms with Crippen molar-refractivity contribution < 1.29 is 66.8 Å². The first-order valence-electron chi connectivity index (χ1n) is 48.3. The van der Waals surface area contributed by atoms with E-state index in [2.05, 4.69) is 61.0 Å². The number of unbranched alkanes of at least 4 members (excludes halogenated alkanes) is 44.